The number of furan rings is 1. The number of rotatable bonds is 3. The normalized spacial score (nSPS) is 11.2. The van der Waals surface area contributed by atoms with Crippen LogP contribution in [-0.2, 0) is 6.54 Å². The highest BCUT2D eigenvalue weighted by Gasteiger charge is 2.14. The smallest absolute Gasteiger partial charge is 0.437 e. The second kappa shape index (κ2) is 5.64. The molecule has 3 heterocycles. The maximum Gasteiger partial charge on any atom is 0.437 e. The number of halogens is 1. The van der Waals surface area contributed by atoms with E-state index in [0.717, 1.165) is 9.15 Å². The van der Waals surface area contributed by atoms with Gasteiger partial charge in [0.1, 0.15) is 5.58 Å². The summed E-state index contributed by atoms with van der Waals surface area (Å²) in [7, 11) is 0. The van der Waals surface area contributed by atoms with Crippen LogP contribution in [0.3, 0.4) is 0 Å². The van der Waals surface area contributed by atoms with Gasteiger partial charge in [-0.1, -0.05) is 15.9 Å². The van der Waals surface area contributed by atoms with E-state index < -0.39 is 11.4 Å². The van der Waals surface area contributed by atoms with Crippen LogP contribution < -0.4 is 11.4 Å². The Bertz CT molecular complexity index is 1140. The van der Waals surface area contributed by atoms with Crippen molar-refractivity contribution in [2.75, 3.05) is 0 Å². The van der Waals surface area contributed by atoms with E-state index in [2.05, 4.69) is 21.0 Å². The summed E-state index contributed by atoms with van der Waals surface area (Å²) in [6.07, 6.45) is 1.46. The van der Waals surface area contributed by atoms with Crippen LogP contribution in [-0.4, -0.2) is 9.78 Å². The highest BCUT2D eigenvalue weighted by Crippen LogP contribution is 2.22. The number of hydrogen-bond acceptors (Lipinski definition) is 6. The molecule has 0 radical (unpaired) electrons. The standard InChI is InChI=1S/C16H9BrN2O5/c17-10-3-4-11-9(6-14(20)23-13(11)7-10)8-19-16(21)24-15(18-19)12-2-1-5-22-12/h1-7H,8H2. The molecule has 0 atom stereocenters. The van der Waals surface area contributed by atoms with Gasteiger partial charge in [0, 0.05) is 15.9 Å². The van der Waals surface area contributed by atoms with Crippen molar-refractivity contribution in [1.29, 1.82) is 0 Å². The Hall–Kier alpha value is -2.87. The van der Waals surface area contributed by atoms with Crippen LogP contribution in [0, 0.1) is 0 Å². The first-order valence-corrected chi connectivity index (χ1v) is 7.73. The molecule has 24 heavy (non-hydrogen) atoms. The molecule has 120 valence electrons. The van der Waals surface area contributed by atoms with Gasteiger partial charge in [-0.2, -0.15) is 4.68 Å². The Labute approximate surface area is 142 Å². The van der Waals surface area contributed by atoms with E-state index in [9.17, 15) is 9.59 Å². The third-order valence-electron chi connectivity index (χ3n) is 3.45. The molecule has 7 nitrogen and oxygen atoms in total. The predicted octanol–water partition coefficient (Wildman–Crippen LogP) is 3.01. The summed E-state index contributed by atoms with van der Waals surface area (Å²) in [6.45, 7) is 0.0762. The van der Waals surface area contributed by atoms with Crippen LogP contribution in [0.2, 0.25) is 0 Å². The summed E-state index contributed by atoms with van der Waals surface area (Å²) in [4.78, 5) is 23.8. The van der Waals surface area contributed by atoms with Crippen LogP contribution in [0.25, 0.3) is 22.6 Å². The molecule has 1 aromatic carbocycles. The zero-order valence-corrected chi connectivity index (χ0v) is 13.6. The van der Waals surface area contributed by atoms with Crippen molar-refractivity contribution < 1.29 is 13.3 Å². The maximum atomic E-state index is 12.0. The lowest BCUT2D eigenvalue weighted by Crippen LogP contribution is -2.17. The second-order valence-electron chi connectivity index (χ2n) is 5.04. The molecule has 0 amide bonds. The van der Waals surface area contributed by atoms with Crippen LogP contribution >= 0.6 is 15.9 Å². The van der Waals surface area contributed by atoms with Gasteiger partial charge < -0.3 is 13.3 Å². The Morgan fingerprint density at radius 2 is 2.00 bits per heavy atom. The van der Waals surface area contributed by atoms with Gasteiger partial charge in [0.2, 0.25) is 0 Å². The van der Waals surface area contributed by atoms with Gasteiger partial charge in [0.15, 0.2) is 5.76 Å². The molecule has 0 bridgehead atoms. The first kappa shape index (κ1) is 14.7. The lowest BCUT2D eigenvalue weighted by Gasteiger charge is -2.04. The van der Waals surface area contributed by atoms with Crippen LogP contribution in [0.5, 0.6) is 0 Å². The number of benzene rings is 1. The fourth-order valence-electron chi connectivity index (χ4n) is 2.40. The third-order valence-corrected chi connectivity index (χ3v) is 3.94. The summed E-state index contributed by atoms with van der Waals surface area (Å²) in [5, 5.41) is 4.82. The highest BCUT2D eigenvalue weighted by molar-refractivity contribution is 9.10. The van der Waals surface area contributed by atoms with E-state index in [1.807, 2.05) is 6.07 Å². The molecule has 0 unspecified atom stereocenters. The van der Waals surface area contributed by atoms with E-state index in [1.165, 1.54) is 12.3 Å². The average molecular weight is 389 g/mol. The Kier molecular flexibility index (Phi) is 3.46. The largest absolute Gasteiger partial charge is 0.459 e. The molecule has 0 aliphatic heterocycles. The SMILES string of the molecule is O=c1cc(Cn2nc(-c3ccco3)oc2=O)c2ccc(Br)cc2o1. The van der Waals surface area contributed by atoms with Gasteiger partial charge in [-0.05, 0) is 35.9 Å². The molecule has 0 saturated carbocycles. The zero-order chi connectivity index (χ0) is 16.7. The monoisotopic (exact) mass is 388 g/mol. The summed E-state index contributed by atoms with van der Waals surface area (Å²) in [5.74, 6) is -0.202. The minimum absolute atomic E-state index is 0.0762. The molecular formula is C16H9BrN2O5. The third kappa shape index (κ3) is 2.61. The topological polar surface area (TPSA) is 91.4 Å². The summed E-state index contributed by atoms with van der Waals surface area (Å²) < 4.78 is 17.4. The summed E-state index contributed by atoms with van der Waals surface area (Å²) in [6, 6.07) is 9.97. The minimum Gasteiger partial charge on any atom is -0.459 e. The van der Waals surface area contributed by atoms with E-state index in [-0.39, 0.29) is 12.4 Å². The van der Waals surface area contributed by atoms with Gasteiger partial charge in [0.05, 0.1) is 12.8 Å². The van der Waals surface area contributed by atoms with Gasteiger partial charge in [-0.25, -0.2) is 9.59 Å². The first-order valence-electron chi connectivity index (χ1n) is 6.94. The molecule has 0 aliphatic rings. The van der Waals surface area contributed by atoms with Crippen LogP contribution in [0.15, 0.2) is 70.0 Å². The van der Waals surface area contributed by atoms with E-state index in [4.69, 9.17) is 13.3 Å². The van der Waals surface area contributed by atoms with Gasteiger partial charge in [0.25, 0.3) is 5.89 Å². The average Bonchev–Trinajstić information content (AvgIpc) is 3.17. The Balaban J connectivity index is 1.80. The number of fused-ring (bicyclic) bond motifs is 1. The Morgan fingerprint density at radius 1 is 1.12 bits per heavy atom. The molecule has 3 aromatic heterocycles. The minimum atomic E-state index is -0.639. The van der Waals surface area contributed by atoms with Crippen molar-refractivity contribution >= 4 is 26.9 Å². The lowest BCUT2D eigenvalue weighted by molar-refractivity contribution is 0.476. The zero-order valence-electron chi connectivity index (χ0n) is 12.1. The molecular weight excluding hydrogens is 380 g/mol. The fourth-order valence-corrected chi connectivity index (χ4v) is 2.74. The van der Waals surface area contributed by atoms with Crippen LogP contribution in [0.4, 0.5) is 0 Å². The van der Waals surface area contributed by atoms with Gasteiger partial charge in [-0.3, -0.25) is 0 Å². The van der Waals surface area contributed by atoms with E-state index in [1.54, 1.807) is 24.3 Å². The quantitative estimate of drug-likeness (QED) is 0.501. The van der Waals surface area contributed by atoms with Gasteiger partial charge >= 0.3 is 11.4 Å². The second-order valence-corrected chi connectivity index (χ2v) is 5.95. The van der Waals surface area contributed by atoms with Gasteiger partial charge in [-0.15, -0.1) is 5.10 Å². The van der Waals surface area contributed by atoms with Crippen molar-refractivity contribution in [2.24, 2.45) is 0 Å². The summed E-state index contributed by atoms with van der Waals surface area (Å²) in [5.41, 5.74) is 0.531. The van der Waals surface area contributed by atoms with Crippen molar-refractivity contribution in [1.82, 2.24) is 9.78 Å². The molecule has 4 aromatic rings. The number of nitrogens with zero attached hydrogens (tertiary/aromatic N) is 2. The van der Waals surface area contributed by atoms with Crippen LogP contribution in [0.1, 0.15) is 5.56 Å². The Morgan fingerprint density at radius 3 is 2.79 bits per heavy atom. The molecule has 0 N–H and O–H groups in total. The van der Waals surface area contributed by atoms with E-state index >= 15 is 0 Å². The first-order chi connectivity index (χ1) is 11.6. The molecule has 0 aliphatic carbocycles. The molecule has 8 heteroatoms. The maximum absolute atomic E-state index is 12.0. The highest BCUT2D eigenvalue weighted by atomic mass is 79.9. The number of hydrogen-bond donors (Lipinski definition) is 0. The van der Waals surface area contributed by atoms with Crippen molar-refractivity contribution in [2.45, 2.75) is 6.54 Å². The molecule has 0 fully saturated rings. The molecule has 0 saturated heterocycles. The molecule has 0 spiro atoms. The molecule has 4 rings (SSSR count). The fraction of sp³-hybridized carbons (Fsp3) is 0.0625. The van der Waals surface area contributed by atoms with Crippen molar-refractivity contribution in [3.05, 3.63) is 73.7 Å². The lowest BCUT2D eigenvalue weighted by atomic mass is 10.1. The van der Waals surface area contributed by atoms with E-state index in [0.29, 0.717) is 22.3 Å². The van der Waals surface area contributed by atoms with Crippen molar-refractivity contribution in [3.63, 3.8) is 0 Å². The van der Waals surface area contributed by atoms with Crippen molar-refractivity contribution in [3.8, 4) is 11.7 Å². The number of aromatic nitrogens is 2. The summed E-state index contributed by atoms with van der Waals surface area (Å²) >= 11 is 3.33. The predicted molar refractivity (Wildman–Crippen MR) is 87.8 cm³/mol.